The van der Waals surface area contributed by atoms with Crippen LogP contribution in [0.5, 0.6) is 5.75 Å². The summed E-state index contributed by atoms with van der Waals surface area (Å²) in [5, 5.41) is 3.21. The van der Waals surface area contributed by atoms with E-state index < -0.39 is 0 Å². The Morgan fingerprint density at radius 3 is 2.68 bits per heavy atom. The first-order valence-corrected chi connectivity index (χ1v) is 11.4. The number of fused-ring (bicyclic) bond motifs is 1. The molecule has 0 aliphatic carbocycles. The second-order valence-electron chi connectivity index (χ2n) is 7.56. The highest BCUT2D eigenvalue weighted by Crippen LogP contribution is 2.20. The van der Waals surface area contributed by atoms with Crippen molar-refractivity contribution >= 4 is 33.8 Å². The van der Waals surface area contributed by atoms with Crippen LogP contribution in [-0.4, -0.2) is 28.0 Å². The first-order chi connectivity index (χ1) is 15.0. The van der Waals surface area contributed by atoms with Gasteiger partial charge in [0.2, 0.25) is 0 Å². The molecule has 160 valence electrons. The van der Waals surface area contributed by atoms with Crippen molar-refractivity contribution in [1.29, 1.82) is 0 Å². The highest BCUT2D eigenvalue weighted by Gasteiger charge is 2.18. The van der Waals surface area contributed by atoms with Gasteiger partial charge in [-0.2, -0.15) is 0 Å². The van der Waals surface area contributed by atoms with Crippen molar-refractivity contribution in [3.8, 4) is 5.75 Å². The number of rotatable bonds is 8. The van der Waals surface area contributed by atoms with E-state index >= 15 is 0 Å². The number of nitrogens with zero attached hydrogens (tertiary/aromatic N) is 2. The predicted octanol–water partition coefficient (Wildman–Crippen LogP) is 5.28. The monoisotopic (exact) mass is 453 g/mol. The Labute approximate surface area is 190 Å². The van der Waals surface area contributed by atoms with Crippen molar-refractivity contribution in [1.82, 2.24) is 14.9 Å². The van der Waals surface area contributed by atoms with Gasteiger partial charge in [-0.1, -0.05) is 29.8 Å². The molecular formula is C24H24ClN3O2S. The number of aromatic nitrogens is 2. The number of hydrogen-bond donors (Lipinski definition) is 1. The molecule has 0 saturated heterocycles. The fraction of sp³-hybridized carbons (Fsp3) is 0.250. The zero-order valence-corrected chi connectivity index (χ0v) is 19.0. The van der Waals surface area contributed by atoms with Gasteiger partial charge in [0.15, 0.2) is 0 Å². The third kappa shape index (κ3) is 5.34. The summed E-state index contributed by atoms with van der Waals surface area (Å²) in [6, 6.07) is 17.7. The molecule has 4 rings (SSSR count). The quantitative estimate of drug-likeness (QED) is 0.394. The molecule has 2 aromatic carbocycles. The van der Waals surface area contributed by atoms with Crippen molar-refractivity contribution in [3.05, 3.63) is 91.6 Å². The van der Waals surface area contributed by atoms with E-state index in [1.807, 2.05) is 12.1 Å². The Bertz CT molecular complexity index is 1210. The van der Waals surface area contributed by atoms with Crippen LogP contribution in [-0.2, 0) is 19.5 Å². The van der Waals surface area contributed by atoms with Gasteiger partial charge in [-0.05, 0) is 60.7 Å². The first-order valence-electron chi connectivity index (χ1n) is 10.1. The van der Waals surface area contributed by atoms with Crippen molar-refractivity contribution in [2.45, 2.75) is 32.5 Å². The number of hydrogen-bond acceptors (Lipinski definition) is 5. The highest BCUT2D eigenvalue weighted by molar-refractivity contribution is 7.09. The average molecular weight is 454 g/mol. The summed E-state index contributed by atoms with van der Waals surface area (Å²) < 4.78 is 5.28. The summed E-state index contributed by atoms with van der Waals surface area (Å²) in [5.74, 6) is 1.46. The molecule has 1 unspecified atom stereocenters. The number of halogens is 1. The number of ether oxygens (including phenoxy) is 1. The second kappa shape index (κ2) is 9.64. The van der Waals surface area contributed by atoms with Gasteiger partial charge < -0.3 is 9.72 Å². The van der Waals surface area contributed by atoms with Gasteiger partial charge >= 0.3 is 0 Å². The molecule has 0 saturated carbocycles. The maximum atomic E-state index is 12.6. The van der Waals surface area contributed by atoms with Crippen LogP contribution in [0.25, 0.3) is 10.9 Å². The molecule has 4 aromatic rings. The van der Waals surface area contributed by atoms with E-state index in [4.69, 9.17) is 16.3 Å². The molecule has 0 aliphatic rings. The Morgan fingerprint density at radius 1 is 1.16 bits per heavy atom. The van der Waals surface area contributed by atoms with E-state index in [0.717, 1.165) is 18.7 Å². The lowest BCUT2D eigenvalue weighted by Gasteiger charge is -2.28. The molecule has 0 spiro atoms. The van der Waals surface area contributed by atoms with Crippen LogP contribution in [0.15, 0.2) is 64.8 Å². The van der Waals surface area contributed by atoms with E-state index in [2.05, 4.69) is 51.4 Å². The molecule has 2 heterocycles. The van der Waals surface area contributed by atoms with Gasteiger partial charge in [-0.15, -0.1) is 11.3 Å². The number of H-pyrrole nitrogens is 1. The Balaban J connectivity index is 1.62. The van der Waals surface area contributed by atoms with Crippen LogP contribution in [0.2, 0.25) is 5.02 Å². The SMILES string of the molecule is COc1ccc(CN(Cc2nc3cc(Cl)ccc3c(=O)[nH]2)C(C)Cc2cccs2)cc1. The molecule has 0 radical (unpaired) electrons. The molecule has 0 aliphatic heterocycles. The summed E-state index contributed by atoms with van der Waals surface area (Å²) in [5.41, 5.74) is 1.64. The maximum Gasteiger partial charge on any atom is 0.258 e. The minimum Gasteiger partial charge on any atom is -0.497 e. The molecule has 5 nitrogen and oxygen atoms in total. The predicted molar refractivity (Wildman–Crippen MR) is 127 cm³/mol. The zero-order valence-electron chi connectivity index (χ0n) is 17.5. The van der Waals surface area contributed by atoms with Gasteiger partial charge in [0.25, 0.3) is 5.56 Å². The molecular weight excluding hydrogens is 430 g/mol. The summed E-state index contributed by atoms with van der Waals surface area (Å²) in [4.78, 5) is 23.9. The van der Waals surface area contributed by atoms with E-state index in [9.17, 15) is 4.79 Å². The largest absolute Gasteiger partial charge is 0.497 e. The van der Waals surface area contributed by atoms with E-state index in [1.54, 1.807) is 36.6 Å². The first kappa shape index (κ1) is 21.6. The minimum absolute atomic E-state index is 0.146. The van der Waals surface area contributed by atoms with Crippen molar-refractivity contribution in [2.75, 3.05) is 7.11 Å². The number of benzene rings is 2. The van der Waals surface area contributed by atoms with Crippen LogP contribution in [0.1, 0.15) is 23.2 Å². The number of nitrogens with one attached hydrogen (secondary N) is 1. The Morgan fingerprint density at radius 2 is 1.97 bits per heavy atom. The summed E-state index contributed by atoms with van der Waals surface area (Å²) in [6.45, 7) is 3.46. The standard InChI is InChI=1S/C24H24ClN3O2S/c1-16(12-20-4-3-11-31-20)28(14-17-5-8-19(30-2)9-6-17)15-23-26-22-13-18(25)7-10-21(22)24(29)27-23/h3-11,13,16H,12,14-15H2,1-2H3,(H,26,27,29). The fourth-order valence-electron chi connectivity index (χ4n) is 3.61. The van der Waals surface area contributed by atoms with Crippen LogP contribution in [0.4, 0.5) is 0 Å². The van der Waals surface area contributed by atoms with Crippen molar-refractivity contribution in [3.63, 3.8) is 0 Å². The number of methoxy groups -OCH3 is 1. The Kier molecular flexibility index (Phi) is 6.70. The lowest BCUT2D eigenvalue weighted by atomic mass is 10.1. The molecule has 7 heteroatoms. The maximum absolute atomic E-state index is 12.6. The molecule has 0 amide bonds. The number of aromatic amines is 1. The molecule has 0 fully saturated rings. The van der Waals surface area contributed by atoms with Gasteiger partial charge in [-0.3, -0.25) is 9.69 Å². The minimum atomic E-state index is -0.146. The molecule has 31 heavy (non-hydrogen) atoms. The van der Waals surface area contributed by atoms with Crippen LogP contribution in [0, 0.1) is 0 Å². The smallest absolute Gasteiger partial charge is 0.258 e. The van der Waals surface area contributed by atoms with Crippen LogP contribution >= 0.6 is 22.9 Å². The summed E-state index contributed by atoms with van der Waals surface area (Å²) in [7, 11) is 1.67. The highest BCUT2D eigenvalue weighted by atomic mass is 35.5. The zero-order chi connectivity index (χ0) is 21.8. The van der Waals surface area contributed by atoms with Crippen molar-refractivity contribution < 1.29 is 4.74 Å². The van der Waals surface area contributed by atoms with Crippen LogP contribution < -0.4 is 10.3 Å². The van der Waals surface area contributed by atoms with Gasteiger partial charge in [-0.25, -0.2) is 4.98 Å². The van der Waals surface area contributed by atoms with Crippen LogP contribution in [0.3, 0.4) is 0 Å². The summed E-state index contributed by atoms with van der Waals surface area (Å²) >= 11 is 7.88. The topological polar surface area (TPSA) is 58.2 Å². The molecule has 2 aromatic heterocycles. The summed E-state index contributed by atoms with van der Waals surface area (Å²) in [6.07, 6.45) is 0.928. The van der Waals surface area contributed by atoms with Crippen molar-refractivity contribution in [2.24, 2.45) is 0 Å². The van der Waals surface area contributed by atoms with E-state index in [0.29, 0.717) is 28.3 Å². The van der Waals surface area contributed by atoms with E-state index in [1.165, 1.54) is 10.4 Å². The normalized spacial score (nSPS) is 12.4. The third-order valence-electron chi connectivity index (χ3n) is 5.32. The lowest BCUT2D eigenvalue weighted by Crippen LogP contribution is -2.34. The third-order valence-corrected chi connectivity index (χ3v) is 6.45. The van der Waals surface area contributed by atoms with Gasteiger partial charge in [0.1, 0.15) is 11.6 Å². The Hall–Kier alpha value is -2.67. The fourth-order valence-corrected chi connectivity index (χ4v) is 4.60. The molecule has 0 bridgehead atoms. The number of thiophene rings is 1. The van der Waals surface area contributed by atoms with E-state index in [-0.39, 0.29) is 11.6 Å². The lowest BCUT2D eigenvalue weighted by molar-refractivity contribution is 0.185. The average Bonchev–Trinajstić information content (AvgIpc) is 3.26. The van der Waals surface area contributed by atoms with Gasteiger partial charge in [0.05, 0.1) is 24.6 Å². The molecule has 1 N–H and O–H groups in total. The second-order valence-corrected chi connectivity index (χ2v) is 9.03. The van der Waals surface area contributed by atoms with Gasteiger partial charge in [0, 0.05) is 22.5 Å². The molecule has 1 atom stereocenters.